The first-order chi connectivity index (χ1) is 12.2. The highest BCUT2D eigenvalue weighted by Gasteiger charge is 2.34. The molecule has 2 aromatic heterocycles. The Bertz CT molecular complexity index is 788. The summed E-state index contributed by atoms with van der Waals surface area (Å²) in [4.78, 5) is 21.7. The van der Waals surface area contributed by atoms with Gasteiger partial charge in [-0.2, -0.15) is 0 Å². The first-order valence-electron chi connectivity index (χ1n) is 8.89. The average Bonchev–Trinajstić information content (AvgIpc) is 3.18. The molecule has 0 spiro atoms. The zero-order chi connectivity index (χ0) is 17.4. The molecule has 7 heteroatoms. The van der Waals surface area contributed by atoms with E-state index in [9.17, 15) is 4.79 Å². The van der Waals surface area contributed by atoms with E-state index in [1.165, 1.54) is 0 Å². The fourth-order valence-electron chi connectivity index (χ4n) is 3.80. The highest BCUT2D eigenvalue weighted by Crippen LogP contribution is 2.31. The van der Waals surface area contributed by atoms with Crippen molar-refractivity contribution in [3.8, 4) is 0 Å². The summed E-state index contributed by atoms with van der Waals surface area (Å²) >= 11 is 0. The molecule has 1 fully saturated rings. The summed E-state index contributed by atoms with van der Waals surface area (Å²) < 4.78 is 5.22. The lowest BCUT2D eigenvalue weighted by atomic mass is 10.2. The maximum Gasteiger partial charge on any atom is 0.322 e. The number of hydrogen-bond donors (Lipinski definition) is 1. The van der Waals surface area contributed by atoms with Crippen LogP contribution in [0.3, 0.4) is 0 Å². The number of amides is 2. The van der Waals surface area contributed by atoms with Crippen molar-refractivity contribution in [2.24, 2.45) is 0 Å². The molecular formula is C18H23N5O2. The molecule has 1 atom stereocenters. The molecule has 1 saturated heterocycles. The molecule has 0 radical (unpaired) electrons. The standard InChI is InChI=1S/C18H23N5O2/c1-3-15-16(12(2)25-21-15)20-18(24)22-10-13-6-4-8-19-17(13)23-9-5-7-14(23)11-22/h4,6,8,14H,3,5,7,9-11H2,1-2H3,(H,20,24)/t14-/m1/s1. The van der Waals surface area contributed by atoms with Crippen LogP contribution in [0.25, 0.3) is 0 Å². The molecule has 7 nitrogen and oxygen atoms in total. The molecule has 0 unspecified atom stereocenters. The number of fused-ring (bicyclic) bond motifs is 3. The Morgan fingerprint density at radius 1 is 1.48 bits per heavy atom. The largest absolute Gasteiger partial charge is 0.359 e. The van der Waals surface area contributed by atoms with Gasteiger partial charge in [0.25, 0.3) is 0 Å². The number of rotatable bonds is 2. The number of aromatic nitrogens is 2. The second-order valence-electron chi connectivity index (χ2n) is 6.70. The second kappa shape index (κ2) is 6.38. The van der Waals surface area contributed by atoms with Crippen molar-refractivity contribution in [1.82, 2.24) is 15.0 Å². The van der Waals surface area contributed by atoms with Gasteiger partial charge in [-0.1, -0.05) is 18.1 Å². The van der Waals surface area contributed by atoms with Gasteiger partial charge in [0.2, 0.25) is 0 Å². The molecule has 0 bridgehead atoms. The number of carbonyl (C=O) groups excluding carboxylic acids is 1. The van der Waals surface area contributed by atoms with Gasteiger partial charge >= 0.3 is 6.03 Å². The van der Waals surface area contributed by atoms with Crippen LogP contribution in [0.1, 0.15) is 36.8 Å². The smallest absolute Gasteiger partial charge is 0.322 e. The summed E-state index contributed by atoms with van der Waals surface area (Å²) in [6.45, 7) is 6.09. The fourth-order valence-corrected chi connectivity index (χ4v) is 3.80. The molecule has 0 aliphatic carbocycles. The summed E-state index contributed by atoms with van der Waals surface area (Å²) in [5, 5.41) is 7.02. The van der Waals surface area contributed by atoms with Crippen LogP contribution in [0, 0.1) is 6.92 Å². The molecule has 0 aromatic carbocycles. The third-order valence-corrected chi connectivity index (χ3v) is 5.10. The van der Waals surface area contributed by atoms with Crippen LogP contribution < -0.4 is 10.2 Å². The van der Waals surface area contributed by atoms with Gasteiger partial charge in [0.1, 0.15) is 17.2 Å². The van der Waals surface area contributed by atoms with Crippen LogP contribution in [0.15, 0.2) is 22.9 Å². The maximum atomic E-state index is 12.9. The van der Waals surface area contributed by atoms with Gasteiger partial charge in [-0.3, -0.25) is 0 Å². The average molecular weight is 341 g/mol. The van der Waals surface area contributed by atoms with Crippen LogP contribution in [-0.2, 0) is 13.0 Å². The topological polar surface area (TPSA) is 74.5 Å². The maximum absolute atomic E-state index is 12.9. The van der Waals surface area contributed by atoms with Gasteiger partial charge in [0, 0.05) is 30.9 Å². The quantitative estimate of drug-likeness (QED) is 0.909. The van der Waals surface area contributed by atoms with E-state index in [4.69, 9.17) is 4.52 Å². The van der Waals surface area contributed by atoms with Crippen LogP contribution in [0.2, 0.25) is 0 Å². The number of anilines is 2. The zero-order valence-electron chi connectivity index (χ0n) is 14.7. The molecule has 0 saturated carbocycles. The third kappa shape index (κ3) is 2.83. The molecule has 4 rings (SSSR count). The molecule has 2 amide bonds. The number of aryl methyl sites for hydroxylation is 2. The zero-order valence-corrected chi connectivity index (χ0v) is 14.7. The lowest BCUT2D eigenvalue weighted by Crippen LogP contribution is -2.42. The summed E-state index contributed by atoms with van der Waals surface area (Å²) in [6, 6.07) is 4.22. The summed E-state index contributed by atoms with van der Waals surface area (Å²) in [5.41, 5.74) is 2.58. The first kappa shape index (κ1) is 15.9. The van der Waals surface area contributed by atoms with E-state index >= 15 is 0 Å². The van der Waals surface area contributed by atoms with Crippen molar-refractivity contribution in [3.05, 3.63) is 35.3 Å². The van der Waals surface area contributed by atoms with Gasteiger partial charge in [0.15, 0.2) is 5.76 Å². The minimum atomic E-state index is -0.107. The number of hydrogen-bond acceptors (Lipinski definition) is 5. The molecule has 2 aliphatic rings. The molecular weight excluding hydrogens is 318 g/mol. The third-order valence-electron chi connectivity index (χ3n) is 5.10. The number of nitrogens with one attached hydrogen (secondary N) is 1. The molecule has 2 aromatic rings. The monoisotopic (exact) mass is 341 g/mol. The minimum absolute atomic E-state index is 0.107. The minimum Gasteiger partial charge on any atom is -0.359 e. The van der Waals surface area contributed by atoms with Gasteiger partial charge in [-0.25, -0.2) is 9.78 Å². The van der Waals surface area contributed by atoms with Crippen molar-refractivity contribution >= 4 is 17.5 Å². The predicted molar refractivity (Wildman–Crippen MR) is 94.7 cm³/mol. The number of urea groups is 1. The SMILES string of the molecule is CCc1noc(C)c1NC(=O)N1Cc2cccnc2N2CCC[C@@H]2C1. The Balaban J connectivity index is 1.60. The lowest BCUT2D eigenvalue weighted by Gasteiger charge is -2.27. The number of pyridine rings is 1. The van der Waals surface area contributed by atoms with E-state index in [1.54, 1.807) is 0 Å². The van der Waals surface area contributed by atoms with Gasteiger partial charge in [0.05, 0.1) is 6.54 Å². The van der Waals surface area contributed by atoms with Gasteiger partial charge in [-0.15, -0.1) is 0 Å². The van der Waals surface area contributed by atoms with Crippen molar-refractivity contribution in [2.45, 2.75) is 45.7 Å². The van der Waals surface area contributed by atoms with Crippen LogP contribution in [0.4, 0.5) is 16.3 Å². The van der Waals surface area contributed by atoms with E-state index in [0.717, 1.165) is 42.9 Å². The highest BCUT2D eigenvalue weighted by atomic mass is 16.5. The fraction of sp³-hybridized carbons (Fsp3) is 0.500. The summed E-state index contributed by atoms with van der Waals surface area (Å²) in [6.07, 6.45) is 4.78. The molecule has 25 heavy (non-hydrogen) atoms. The molecule has 2 aliphatic heterocycles. The van der Waals surface area contributed by atoms with E-state index < -0.39 is 0 Å². The Kier molecular flexibility index (Phi) is 4.07. The Hall–Kier alpha value is -2.57. The second-order valence-corrected chi connectivity index (χ2v) is 6.70. The van der Waals surface area contributed by atoms with Gasteiger partial charge in [-0.05, 0) is 32.3 Å². The van der Waals surface area contributed by atoms with E-state index in [0.29, 0.717) is 30.6 Å². The van der Waals surface area contributed by atoms with Crippen LogP contribution >= 0.6 is 0 Å². The van der Waals surface area contributed by atoms with Gasteiger partial charge < -0.3 is 19.6 Å². The molecule has 132 valence electrons. The summed E-state index contributed by atoms with van der Waals surface area (Å²) in [7, 11) is 0. The number of nitrogens with zero attached hydrogens (tertiary/aromatic N) is 4. The lowest BCUT2D eigenvalue weighted by molar-refractivity contribution is 0.207. The molecule has 4 heterocycles. The predicted octanol–water partition coefficient (Wildman–Crippen LogP) is 2.96. The Morgan fingerprint density at radius 2 is 2.36 bits per heavy atom. The number of carbonyl (C=O) groups is 1. The van der Waals surface area contributed by atoms with Crippen molar-refractivity contribution in [1.29, 1.82) is 0 Å². The van der Waals surface area contributed by atoms with Crippen molar-refractivity contribution in [3.63, 3.8) is 0 Å². The van der Waals surface area contributed by atoms with E-state index in [2.05, 4.69) is 26.4 Å². The molecule has 1 N–H and O–H groups in total. The summed E-state index contributed by atoms with van der Waals surface area (Å²) in [5.74, 6) is 1.67. The first-order valence-corrected chi connectivity index (χ1v) is 8.89. The Labute approximate surface area is 147 Å². The van der Waals surface area contributed by atoms with E-state index in [1.807, 2.05) is 31.0 Å². The van der Waals surface area contributed by atoms with Crippen molar-refractivity contribution in [2.75, 3.05) is 23.3 Å². The normalized spacial score (nSPS) is 19.4. The van der Waals surface area contributed by atoms with Crippen LogP contribution in [0.5, 0.6) is 0 Å². The van der Waals surface area contributed by atoms with Crippen LogP contribution in [-0.4, -0.2) is 40.2 Å². The Morgan fingerprint density at radius 3 is 3.20 bits per heavy atom. The van der Waals surface area contributed by atoms with Crippen molar-refractivity contribution < 1.29 is 9.32 Å². The van der Waals surface area contributed by atoms with E-state index in [-0.39, 0.29) is 6.03 Å². The highest BCUT2D eigenvalue weighted by molar-refractivity contribution is 5.90.